The Bertz CT molecular complexity index is 1710. The number of carbonyl (C=O) groups is 2. The Balaban J connectivity index is 1.19. The van der Waals surface area contributed by atoms with E-state index in [1.807, 2.05) is 67.9 Å². The fourth-order valence-electron chi connectivity index (χ4n) is 5.61. The van der Waals surface area contributed by atoms with Gasteiger partial charge in [0.25, 0.3) is 11.7 Å². The van der Waals surface area contributed by atoms with Crippen LogP contribution in [0.5, 0.6) is 0 Å². The number of urea groups is 1. The number of carbonyl (C=O) groups excluding carboxylic acids is 2. The lowest BCUT2D eigenvalue weighted by Gasteiger charge is -2.31. The number of aromatic nitrogens is 1. The summed E-state index contributed by atoms with van der Waals surface area (Å²) in [6, 6.07) is 21.0. The average Bonchev–Trinajstić information content (AvgIpc) is 3.58. The van der Waals surface area contributed by atoms with Gasteiger partial charge in [0, 0.05) is 44.3 Å². The van der Waals surface area contributed by atoms with Crippen LogP contribution in [0.15, 0.2) is 96.1 Å². The van der Waals surface area contributed by atoms with Gasteiger partial charge in [-0.05, 0) is 42.3 Å². The molecule has 1 fully saturated rings. The number of benzene rings is 2. The summed E-state index contributed by atoms with van der Waals surface area (Å²) in [5, 5.41) is 15.6. The van der Waals surface area contributed by atoms with Crippen molar-refractivity contribution in [2.75, 3.05) is 55.1 Å². The molecular weight excluding hydrogens is 582 g/mol. The molecule has 0 spiro atoms. The molecule has 0 saturated carbocycles. The van der Waals surface area contributed by atoms with Crippen molar-refractivity contribution in [2.45, 2.75) is 19.9 Å². The minimum absolute atomic E-state index is 0.0545. The summed E-state index contributed by atoms with van der Waals surface area (Å²) in [6.45, 7) is 5.54. The molecule has 3 aliphatic heterocycles. The van der Waals surface area contributed by atoms with Gasteiger partial charge in [0.2, 0.25) is 0 Å². The van der Waals surface area contributed by atoms with Crippen LogP contribution in [0.25, 0.3) is 0 Å². The van der Waals surface area contributed by atoms with Crippen molar-refractivity contribution < 1.29 is 19.2 Å². The van der Waals surface area contributed by atoms with Gasteiger partial charge in [-0.2, -0.15) is 10.3 Å². The van der Waals surface area contributed by atoms with Gasteiger partial charge in [-0.3, -0.25) is 9.69 Å². The highest BCUT2D eigenvalue weighted by Crippen LogP contribution is 2.29. The summed E-state index contributed by atoms with van der Waals surface area (Å²) >= 11 is 0. The van der Waals surface area contributed by atoms with Gasteiger partial charge in [0.15, 0.2) is 6.67 Å². The zero-order chi connectivity index (χ0) is 31.9. The summed E-state index contributed by atoms with van der Waals surface area (Å²) in [5.74, 6) is 1.37. The Hall–Kier alpha value is -5.51. The number of ether oxygens (including phenoxy) is 1. The van der Waals surface area contributed by atoms with Crippen LogP contribution in [-0.4, -0.2) is 72.1 Å². The van der Waals surface area contributed by atoms with E-state index in [-0.39, 0.29) is 18.4 Å². The molecule has 0 bridgehead atoms. The first kappa shape index (κ1) is 30.5. The van der Waals surface area contributed by atoms with E-state index in [4.69, 9.17) is 4.74 Å². The molecule has 3 N–H and O–H groups in total. The highest BCUT2D eigenvalue weighted by Gasteiger charge is 2.32. The highest BCUT2D eigenvalue weighted by atomic mass is 16.5. The van der Waals surface area contributed by atoms with Gasteiger partial charge in [-0.15, -0.1) is 0 Å². The molecule has 3 amide bonds. The Morgan fingerprint density at radius 3 is 2.67 bits per heavy atom. The number of hydrogen-bond acceptors (Lipinski definition) is 8. The van der Waals surface area contributed by atoms with E-state index in [1.165, 1.54) is 0 Å². The van der Waals surface area contributed by atoms with Crippen molar-refractivity contribution >= 4 is 35.0 Å². The van der Waals surface area contributed by atoms with Crippen molar-refractivity contribution in [3.05, 3.63) is 108 Å². The van der Waals surface area contributed by atoms with Crippen molar-refractivity contribution in [1.29, 1.82) is 5.26 Å². The van der Waals surface area contributed by atoms with Crippen LogP contribution in [-0.2, 0) is 11.3 Å². The van der Waals surface area contributed by atoms with Crippen LogP contribution in [0.2, 0.25) is 0 Å². The topological polar surface area (TPSA) is 131 Å². The first-order valence-electron chi connectivity index (χ1n) is 15.3. The minimum Gasteiger partial charge on any atom is -0.378 e. The van der Waals surface area contributed by atoms with E-state index in [0.717, 1.165) is 33.2 Å². The molecule has 12 nitrogen and oxygen atoms in total. The summed E-state index contributed by atoms with van der Waals surface area (Å²) in [5.41, 5.74) is 4.81. The monoisotopic (exact) mass is 618 g/mol. The largest absolute Gasteiger partial charge is 0.378 e. The maximum absolute atomic E-state index is 13.4. The molecule has 1 saturated heterocycles. The predicted molar refractivity (Wildman–Crippen MR) is 175 cm³/mol. The molecule has 0 aliphatic carbocycles. The predicted octanol–water partition coefficient (Wildman–Crippen LogP) is 3.31. The zero-order valence-corrected chi connectivity index (χ0v) is 25.6. The number of aliphatic imine (C=N–C) groups is 1. The number of morpholine rings is 1. The van der Waals surface area contributed by atoms with Crippen molar-refractivity contribution in [3.8, 4) is 6.07 Å². The third-order valence-electron chi connectivity index (χ3n) is 8.09. The first-order chi connectivity index (χ1) is 22.5. The van der Waals surface area contributed by atoms with Crippen LogP contribution >= 0.6 is 0 Å². The third-order valence-corrected chi connectivity index (χ3v) is 8.09. The molecule has 1 atom stereocenters. The Kier molecular flexibility index (Phi) is 9.33. The zero-order valence-electron chi connectivity index (χ0n) is 25.6. The van der Waals surface area contributed by atoms with Gasteiger partial charge in [-0.25, -0.2) is 14.7 Å². The number of fused-ring (bicyclic) bond motifs is 1. The van der Waals surface area contributed by atoms with Crippen LogP contribution in [0.1, 0.15) is 27.9 Å². The van der Waals surface area contributed by atoms with Crippen LogP contribution < -0.4 is 20.4 Å². The lowest BCUT2D eigenvalue weighted by molar-refractivity contribution is -0.743. The van der Waals surface area contributed by atoms with Gasteiger partial charge >= 0.3 is 6.03 Å². The normalized spacial score (nSPS) is 17.0. The van der Waals surface area contributed by atoms with Gasteiger partial charge in [-0.1, -0.05) is 36.4 Å². The Labute approximate surface area is 267 Å². The molecule has 3 aromatic rings. The number of hydrogen-bond donors (Lipinski definition) is 3. The quantitative estimate of drug-likeness (QED) is 0.336. The number of anilines is 3. The number of amidine groups is 1. The van der Waals surface area contributed by atoms with E-state index in [2.05, 4.69) is 31.6 Å². The van der Waals surface area contributed by atoms with Gasteiger partial charge in [0.05, 0.1) is 43.2 Å². The maximum atomic E-state index is 13.4. The molecule has 1 aromatic heterocycles. The molecule has 0 radical (unpaired) electrons. The van der Waals surface area contributed by atoms with Crippen LogP contribution in [0.3, 0.4) is 0 Å². The molecular formula is C34H36N9O3+. The van der Waals surface area contributed by atoms with Gasteiger partial charge < -0.3 is 25.2 Å². The standard InChI is InChI=1S/C34H35N9O3/c1-25-28(39-34(45)41(15-6-13-35)22-26-7-3-2-4-8-26)9-5-10-30(25)43-23-29(32-36-14-16-42(32)24-43)38-31-12-11-27(21-37-31)33(44)40-17-19-46-20-18-40/h2-5,7-12,14,16,21,23H,6,15,17-20,22,24H2,1H3,(H,37,38)(H,39,45)/p+1. The van der Waals surface area contributed by atoms with Crippen molar-refractivity contribution in [2.24, 2.45) is 4.99 Å². The number of pyridine rings is 1. The number of nitrogens with one attached hydrogen (secondary N) is 3. The Morgan fingerprint density at radius 2 is 1.91 bits per heavy atom. The SMILES string of the molecule is Cc1c(NC(=O)N(CCC#N)Cc2ccccc2)cccc1N1C=C(Nc2ccc(C(=O)N3CCOCC3)cn2)C2=NC=C[NH+]2C1. The number of rotatable bonds is 9. The van der Waals surface area contributed by atoms with Crippen molar-refractivity contribution in [3.63, 3.8) is 0 Å². The second-order valence-electron chi connectivity index (χ2n) is 11.1. The highest BCUT2D eigenvalue weighted by molar-refractivity contribution is 5.98. The number of amides is 3. The van der Waals surface area contributed by atoms with E-state index >= 15 is 0 Å². The smallest absolute Gasteiger partial charge is 0.322 e. The molecule has 6 rings (SSSR count). The molecule has 4 heterocycles. The maximum Gasteiger partial charge on any atom is 0.322 e. The lowest BCUT2D eigenvalue weighted by Crippen LogP contribution is -3.12. The first-order valence-corrected chi connectivity index (χ1v) is 15.3. The summed E-state index contributed by atoms with van der Waals surface area (Å²) in [4.78, 5) is 42.0. The third kappa shape index (κ3) is 6.91. The summed E-state index contributed by atoms with van der Waals surface area (Å²) in [7, 11) is 0. The molecule has 12 heteroatoms. The fraction of sp³-hybridized carbons (Fsp3) is 0.265. The molecule has 3 aliphatic rings. The average molecular weight is 619 g/mol. The molecule has 234 valence electrons. The molecule has 46 heavy (non-hydrogen) atoms. The number of quaternary nitrogens is 1. The van der Waals surface area contributed by atoms with Crippen LogP contribution in [0, 0.1) is 18.3 Å². The van der Waals surface area contributed by atoms with E-state index in [1.54, 1.807) is 34.3 Å². The second-order valence-corrected chi connectivity index (χ2v) is 11.1. The van der Waals surface area contributed by atoms with E-state index in [0.29, 0.717) is 63.1 Å². The summed E-state index contributed by atoms with van der Waals surface area (Å²) < 4.78 is 5.36. The minimum atomic E-state index is -0.264. The van der Waals surface area contributed by atoms with E-state index < -0.39 is 0 Å². The summed E-state index contributed by atoms with van der Waals surface area (Å²) in [6.07, 6.45) is 7.60. The second kappa shape index (κ2) is 14.1. The molecule has 2 aromatic carbocycles. The number of nitrogens with zero attached hydrogens (tertiary/aromatic N) is 6. The van der Waals surface area contributed by atoms with E-state index in [9.17, 15) is 14.9 Å². The Morgan fingerprint density at radius 1 is 1.09 bits per heavy atom. The fourth-order valence-corrected chi connectivity index (χ4v) is 5.61. The van der Waals surface area contributed by atoms with Gasteiger partial charge in [0.1, 0.15) is 17.7 Å². The molecule has 1 unspecified atom stereocenters. The van der Waals surface area contributed by atoms with Crippen LogP contribution in [0.4, 0.5) is 22.0 Å². The number of nitriles is 1. The van der Waals surface area contributed by atoms with Crippen molar-refractivity contribution in [1.82, 2.24) is 14.8 Å². The lowest BCUT2D eigenvalue weighted by atomic mass is 10.1.